The molecule has 0 amide bonds. The summed E-state index contributed by atoms with van der Waals surface area (Å²) in [4.78, 5) is 11.4. The lowest BCUT2D eigenvalue weighted by Gasteiger charge is -2.13. The van der Waals surface area contributed by atoms with Crippen molar-refractivity contribution in [1.29, 1.82) is 5.26 Å². The van der Waals surface area contributed by atoms with E-state index in [4.69, 9.17) is 5.26 Å². The first-order valence-electron chi connectivity index (χ1n) is 4.95. The van der Waals surface area contributed by atoms with Crippen LogP contribution in [-0.2, 0) is 4.74 Å². The molecule has 0 heterocycles. The van der Waals surface area contributed by atoms with Gasteiger partial charge in [0.05, 0.1) is 18.2 Å². The highest BCUT2D eigenvalue weighted by Gasteiger charge is 2.35. The Balaban J connectivity index is 3.34. The number of hydrogen-bond donors (Lipinski definition) is 0. The zero-order valence-corrected chi connectivity index (χ0v) is 9.55. The highest BCUT2D eigenvalue weighted by atomic mass is 19.4. The summed E-state index contributed by atoms with van der Waals surface area (Å²) < 4.78 is 57.7. The van der Waals surface area contributed by atoms with Crippen molar-refractivity contribution in [3.05, 3.63) is 29.1 Å². The minimum atomic E-state index is -5.17. The van der Waals surface area contributed by atoms with Crippen molar-refractivity contribution in [2.45, 2.75) is 13.3 Å². The van der Waals surface area contributed by atoms with Crippen LogP contribution in [0.5, 0.6) is 5.75 Å². The van der Waals surface area contributed by atoms with Crippen molar-refractivity contribution in [2.24, 2.45) is 0 Å². The lowest BCUT2D eigenvalue weighted by molar-refractivity contribution is -0.275. The molecule has 0 radical (unpaired) electrons. The number of alkyl halides is 3. The van der Waals surface area contributed by atoms with Crippen molar-refractivity contribution >= 4 is 5.97 Å². The fourth-order valence-corrected chi connectivity index (χ4v) is 1.24. The molecule has 0 bridgehead atoms. The number of halogens is 4. The Bertz CT molecular complexity index is 534. The molecule has 0 N–H and O–H groups in total. The molecule has 102 valence electrons. The predicted molar refractivity (Wildman–Crippen MR) is 53.8 cm³/mol. The van der Waals surface area contributed by atoms with E-state index in [-0.39, 0.29) is 12.2 Å². The summed E-state index contributed by atoms with van der Waals surface area (Å²) in [5.41, 5.74) is -1.12. The van der Waals surface area contributed by atoms with Gasteiger partial charge in [0.1, 0.15) is 5.56 Å². The van der Waals surface area contributed by atoms with Crippen LogP contribution in [0.25, 0.3) is 0 Å². The van der Waals surface area contributed by atoms with Crippen LogP contribution >= 0.6 is 0 Å². The SMILES string of the molecule is CCOC(=O)c1cc(C#N)cc(F)c1OC(F)(F)F. The van der Waals surface area contributed by atoms with Crippen molar-refractivity contribution in [1.82, 2.24) is 0 Å². The number of benzene rings is 1. The number of rotatable bonds is 3. The summed E-state index contributed by atoms with van der Waals surface area (Å²) >= 11 is 0. The molecule has 8 heteroatoms. The maximum absolute atomic E-state index is 13.4. The molecule has 0 aliphatic rings. The molecule has 0 saturated heterocycles. The Morgan fingerprint density at radius 3 is 2.53 bits per heavy atom. The van der Waals surface area contributed by atoms with E-state index >= 15 is 0 Å². The number of esters is 1. The molecule has 1 rings (SSSR count). The van der Waals surface area contributed by atoms with Gasteiger partial charge < -0.3 is 9.47 Å². The van der Waals surface area contributed by atoms with Gasteiger partial charge in [-0.15, -0.1) is 13.2 Å². The third-order valence-electron chi connectivity index (χ3n) is 1.89. The maximum atomic E-state index is 13.4. The third-order valence-corrected chi connectivity index (χ3v) is 1.89. The Morgan fingerprint density at radius 2 is 2.05 bits per heavy atom. The van der Waals surface area contributed by atoms with Crippen LogP contribution in [-0.4, -0.2) is 18.9 Å². The fraction of sp³-hybridized carbons (Fsp3) is 0.273. The molecule has 0 aromatic heterocycles. The van der Waals surface area contributed by atoms with E-state index in [0.29, 0.717) is 6.07 Å². The van der Waals surface area contributed by atoms with Crippen molar-refractivity contribution in [2.75, 3.05) is 6.61 Å². The third kappa shape index (κ3) is 3.84. The Hall–Kier alpha value is -2.30. The topological polar surface area (TPSA) is 59.3 Å². The summed E-state index contributed by atoms with van der Waals surface area (Å²) in [6, 6.07) is 2.81. The van der Waals surface area contributed by atoms with Gasteiger partial charge in [-0.05, 0) is 19.1 Å². The first-order chi connectivity index (χ1) is 8.78. The average Bonchev–Trinajstić information content (AvgIpc) is 2.30. The van der Waals surface area contributed by atoms with E-state index in [1.165, 1.54) is 13.0 Å². The van der Waals surface area contributed by atoms with Gasteiger partial charge in [-0.3, -0.25) is 0 Å². The zero-order valence-electron chi connectivity index (χ0n) is 9.55. The van der Waals surface area contributed by atoms with Crippen LogP contribution < -0.4 is 4.74 Å². The predicted octanol–water partition coefficient (Wildman–Crippen LogP) is 2.77. The molecule has 19 heavy (non-hydrogen) atoms. The number of carbonyl (C=O) groups excluding carboxylic acids is 1. The highest BCUT2D eigenvalue weighted by molar-refractivity contribution is 5.93. The van der Waals surface area contributed by atoms with Crippen LogP contribution in [0.15, 0.2) is 12.1 Å². The van der Waals surface area contributed by atoms with E-state index in [1.807, 2.05) is 0 Å². The highest BCUT2D eigenvalue weighted by Crippen LogP contribution is 2.30. The Morgan fingerprint density at radius 1 is 1.42 bits per heavy atom. The average molecular weight is 277 g/mol. The number of nitrogens with zero attached hydrogens (tertiary/aromatic N) is 1. The number of ether oxygens (including phenoxy) is 2. The van der Waals surface area contributed by atoms with E-state index in [9.17, 15) is 22.4 Å². The second kappa shape index (κ2) is 5.56. The van der Waals surface area contributed by atoms with E-state index in [1.54, 1.807) is 0 Å². The summed E-state index contributed by atoms with van der Waals surface area (Å²) in [6.45, 7) is 1.30. The van der Waals surface area contributed by atoms with Crippen LogP contribution in [0, 0.1) is 17.1 Å². The maximum Gasteiger partial charge on any atom is 0.573 e. The first-order valence-corrected chi connectivity index (χ1v) is 4.95. The molecule has 0 spiro atoms. The number of nitriles is 1. The molecule has 0 atom stereocenters. The normalized spacial score (nSPS) is 10.7. The summed E-state index contributed by atoms with van der Waals surface area (Å²) in [5, 5.41) is 8.59. The largest absolute Gasteiger partial charge is 0.573 e. The smallest absolute Gasteiger partial charge is 0.462 e. The zero-order chi connectivity index (χ0) is 14.6. The molecular weight excluding hydrogens is 270 g/mol. The van der Waals surface area contributed by atoms with Gasteiger partial charge in [0, 0.05) is 0 Å². The van der Waals surface area contributed by atoms with E-state index < -0.39 is 29.5 Å². The molecule has 4 nitrogen and oxygen atoms in total. The quantitative estimate of drug-likeness (QED) is 0.629. The fourth-order valence-electron chi connectivity index (χ4n) is 1.24. The summed E-state index contributed by atoms with van der Waals surface area (Å²) in [7, 11) is 0. The van der Waals surface area contributed by atoms with Crippen LogP contribution in [0.4, 0.5) is 17.6 Å². The van der Waals surface area contributed by atoms with Gasteiger partial charge in [-0.25, -0.2) is 9.18 Å². The Kier molecular flexibility index (Phi) is 4.32. The van der Waals surface area contributed by atoms with Crippen LogP contribution in [0.2, 0.25) is 0 Å². The van der Waals surface area contributed by atoms with Crippen molar-refractivity contribution in [3.8, 4) is 11.8 Å². The number of hydrogen-bond acceptors (Lipinski definition) is 4. The molecule has 0 aliphatic carbocycles. The standard InChI is InChI=1S/C11H7F4NO3/c1-2-18-10(17)7-3-6(5-16)4-8(12)9(7)19-11(13,14)15/h3-4H,2H2,1H3. The lowest BCUT2D eigenvalue weighted by Crippen LogP contribution is -2.20. The molecular formula is C11H7F4NO3. The molecule has 0 unspecified atom stereocenters. The second-order valence-electron chi connectivity index (χ2n) is 3.21. The van der Waals surface area contributed by atoms with E-state index in [0.717, 1.165) is 6.07 Å². The van der Waals surface area contributed by atoms with Gasteiger partial charge in [-0.2, -0.15) is 5.26 Å². The molecule has 0 saturated carbocycles. The second-order valence-corrected chi connectivity index (χ2v) is 3.21. The van der Waals surface area contributed by atoms with Gasteiger partial charge in [0.25, 0.3) is 0 Å². The molecule has 0 aliphatic heterocycles. The van der Waals surface area contributed by atoms with Crippen LogP contribution in [0.1, 0.15) is 22.8 Å². The van der Waals surface area contributed by atoms with Crippen molar-refractivity contribution in [3.63, 3.8) is 0 Å². The minimum Gasteiger partial charge on any atom is -0.462 e. The molecule has 1 aromatic rings. The van der Waals surface area contributed by atoms with Gasteiger partial charge in [-0.1, -0.05) is 0 Å². The minimum absolute atomic E-state index is 0.122. The van der Waals surface area contributed by atoms with Gasteiger partial charge in [0.2, 0.25) is 0 Å². The number of carbonyl (C=O) groups is 1. The molecule has 0 fully saturated rings. The van der Waals surface area contributed by atoms with E-state index in [2.05, 4.69) is 9.47 Å². The summed E-state index contributed by atoms with van der Waals surface area (Å²) in [6.07, 6.45) is -5.17. The molecule has 1 aromatic carbocycles. The first kappa shape index (κ1) is 14.8. The summed E-state index contributed by atoms with van der Waals surface area (Å²) in [5.74, 6) is -4.00. The monoisotopic (exact) mass is 277 g/mol. The van der Waals surface area contributed by atoms with Gasteiger partial charge >= 0.3 is 12.3 Å². The van der Waals surface area contributed by atoms with Gasteiger partial charge in [0.15, 0.2) is 11.6 Å². The van der Waals surface area contributed by atoms with Crippen LogP contribution in [0.3, 0.4) is 0 Å². The van der Waals surface area contributed by atoms with Crippen molar-refractivity contribution < 1.29 is 31.8 Å². The Labute approximate surface area is 105 Å². The lowest BCUT2D eigenvalue weighted by atomic mass is 10.1.